The van der Waals surface area contributed by atoms with E-state index in [2.05, 4.69) is 11.4 Å². The molecule has 5 heteroatoms. The Morgan fingerprint density at radius 3 is 2.46 bits per heavy atom. The number of furan rings is 1. The normalized spacial score (nSPS) is 10.8. The third kappa shape index (κ3) is 3.82. The number of methoxy groups -OCH3 is 1. The number of ether oxygens (including phenoxy) is 2. The molecule has 0 bridgehead atoms. The van der Waals surface area contributed by atoms with E-state index in [1.165, 1.54) is 0 Å². The maximum atomic E-state index is 12.6. The zero-order valence-corrected chi connectivity index (χ0v) is 15.5. The van der Waals surface area contributed by atoms with Gasteiger partial charge in [-0.25, -0.2) is 0 Å². The molecule has 0 atom stereocenters. The largest absolute Gasteiger partial charge is 0.497 e. The van der Waals surface area contributed by atoms with E-state index >= 15 is 0 Å². The van der Waals surface area contributed by atoms with Gasteiger partial charge in [0.05, 0.1) is 19.2 Å². The Hall–Kier alpha value is -2.95. The van der Waals surface area contributed by atoms with Gasteiger partial charge < -0.3 is 19.2 Å². The third-order valence-corrected chi connectivity index (χ3v) is 4.15. The van der Waals surface area contributed by atoms with E-state index in [4.69, 9.17) is 13.9 Å². The Kier molecular flexibility index (Phi) is 5.16. The Balaban J connectivity index is 1.65. The number of benzene rings is 2. The molecule has 0 spiro atoms. The Bertz CT molecular complexity index is 922. The molecule has 3 aromatic rings. The first-order chi connectivity index (χ1) is 12.5. The molecule has 1 N–H and O–H groups in total. The number of aryl methyl sites for hydroxylation is 3. The summed E-state index contributed by atoms with van der Waals surface area (Å²) in [5, 5.41) is 3.64. The second kappa shape index (κ2) is 7.52. The molecule has 0 fully saturated rings. The van der Waals surface area contributed by atoms with Gasteiger partial charge in [-0.05, 0) is 62.2 Å². The van der Waals surface area contributed by atoms with E-state index in [0.29, 0.717) is 35.8 Å². The molecule has 3 rings (SSSR count). The van der Waals surface area contributed by atoms with Crippen LogP contribution in [0.3, 0.4) is 0 Å². The minimum Gasteiger partial charge on any atom is -0.497 e. The van der Waals surface area contributed by atoms with Crippen LogP contribution in [0, 0.1) is 20.8 Å². The molecule has 1 aromatic heterocycles. The van der Waals surface area contributed by atoms with Crippen LogP contribution in [0.25, 0.3) is 11.0 Å². The summed E-state index contributed by atoms with van der Waals surface area (Å²) >= 11 is 0. The van der Waals surface area contributed by atoms with Crippen molar-refractivity contribution in [2.24, 2.45) is 0 Å². The zero-order valence-electron chi connectivity index (χ0n) is 15.5. The minimum atomic E-state index is -0.182. The first kappa shape index (κ1) is 17.9. The number of carbonyl (C=O) groups is 1. The van der Waals surface area contributed by atoms with Crippen LogP contribution in [0.2, 0.25) is 0 Å². The number of nitrogens with one attached hydrogen (secondary N) is 1. The van der Waals surface area contributed by atoms with Crippen molar-refractivity contribution >= 4 is 16.9 Å². The highest BCUT2D eigenvalue weighted by molar-refractivity contribution is 6.07. The van der Waals surface area contributed by atoms with Crippen LogP contribution in [0.5, 0.6) is 11.5 Å². The van der Waals surface area contributed by atoms with Gasteiger partial charge in [-0.3, -0.25) is 4.79 Å². The summed E-state index contributed by atoms with van der Waals surface area (Å²) in [5.74, 6) is 1.90. The topological polar surface area (TPSA) is 60.7 Å². The van der Waals surface area contributed by atoms with Crippen molar-refractivity contribution in [1.82, 2.24) is 5.32 Å². The average molecular weight is 353 g/mol. The maximum absolute atomic E-state index is 12.6. The first-order valence-electron chi connectivity index (χ1n) is 8.54. The number of carbonyl (C=O) groups excluding carboxylic acids is 1. The summed E-state index contributed by atoms with van der Waals surface area (Å²) in [4.78, 5) is 12.6. The third-order valence-electron chi connectivity index (χ3n) is 4.15. The van der Waals surface area contributed by atoms with Gasteiger partial charge in [-0.1, -0.05) is 6.07 Å². The lowest BCUT2D eigenvalue weighted by Crippen LogP contribution is -2.28. The number of hydrogen-bond acceptors (Lipinski definition) is 4. The molecule has 0 unspecified atom stereocenters. The van der Waals surface area contributed by atoms with E-state index in [9.17, 15) is 4.79 Å². The van der Waals surface area contributed by atoms with Gasteiger partial charge in [0.25, 0.3) is 5.91 Å². The van der Waals surface area contributed by atoms with Crippen LogP contribution < -0.4 is 14.8 Å². The molecule has 0 saturated carbocycles. The van der Waals surface area contributed by atoms with Crippen LogP contribution in [0.1, 0.15) is 27.2 Å². The van der Waals surface area contributed by atoms with Crippen LogP contribution >= 0.6 is 0 Å². The first-order valence-corrected chi connectivity index (χ1v) is 8.54. The molecular formula is C21H23NO4. The summed E-state index contributed by atoms with van der Waals surface area (Å²) in [5.41, 5.74) is 3.50. The molecule has 0 aliphatic carbocycles. The molecule has 26 heavy (non-hydrogen) atoms. The summed E-state index contributed by atoms with van der Waals surface area (Å²) in [7, 11) is 1.60. The number of hydrogen-bond donors (Lipinski definition) is 1. The molecular weight excluding hydrogens is 330 g/mol. The predicted octanol–water partition coefficient (Wildman–Crippen LogP) is 4.18. The molecule has 5 nitrogen and oxygen atoms in total. The van der Waals surface area contributed by atoms with Gasteiger partial charge in [0, 0.05) is 5.39 Å². The van der Waals surface area contributed by atoms with Gasteiger partial charge in [-0.15, -0.1) is 0 Å². The lowest BCUT2D eigenvalue weighted by Gasteiger charge is -2.09. The van der Waals surface area contributed by atoms with Gasteiger partial charge in [0.1, 0.15) is 29.4 Å². The van der Waals surface area contributed by atoms with Crippen LogP contribution in [0.4, 0.5) is 0 Å². The quantitative estimate of drug-likeness (QED) is 0.676. The Labute approximate surface area is 152 Å². The maximum Gasteiger partial charge on any atom is 0.255 e. The molecule has 0 radical (unpaired) electrons. The molecule has 0 saturated heterocycles. The summed E-state index contributed by atoms with van der Waals surface area (Å²) in [6.07, 6.45) is 0. The van der Waals surface area contributed by atoms with E-state index in [1.54, 1.807) is 20.1 Å². The summed E-state index contributed by atoms with van der Waals surface area (Å²) in [6, 6.07) is 11.5. The molecule has 136 valence electrons. The standard InChI is InChI=1S/C21H23NO4/c1-13-9-14(2)11-17(10-13)25-8-7-22-21(23)20-15(3)26-19-6-5-16(24-4)12-18(19)20/h5-6,9-12H,7-8H2,1-4H3,(H,22,23). The highest BCUT2D eigenvalue weighted by atomic mass is 16.5. The smallest absolute Gasteiger partial charge is 0.255 e. The molecule has 0 aliphatic rings. The van der Waals surface area contributed by atoms with E-state index in [1.807, 2.05) is 38.1 Å². The molecule has 1 heterocycles. The van der Waals surface area contributed by atoms with E-state index in [-0.39, 0.29) is 5.91 Å². The molecule has 1 amide bonds. The number of fused-ring (bicyclic) bond motifs is 1. The van der Waals surface area contributed by atoms with E-state index in [0.717, 1.165) is 22.3 Å². The van der Waals surface area contributed by atoms with Gasteiger partial charge in [0.15, 0.2) is 0 Å². The number of rotatable bonds is 6. The minimum absolute atomic E-state index is 0.182. The monoisotopic (exact) mass is 353 g/mol. The van der Waals surface area contributed by atoms with Crippen molar-refractivity contribution in [3.8, 4) is 11.5 Å². The second-order valence-corrected chi connectivity index (χ2v) is 6.32. The Morgan fingerprint density at radius 1 is 1.04 bits per heavy atom. The van der Waals surface area contributed by atoms with Crippen molar-refractivity contribution in [2.45, 2.75) is 20.8 Å². The van der Waals surface area contributed by atoms with E-state index < -0.39 is 0 Å². The van der Waals surface area contributed by atoms with Crippen LogP contribution in [-0.2, 0) is 0 Å². The zero-order chi connectivity index (χ0) is 18.7. The van der Waals surface area contributed by atoms with Gasteiger partial charge in [0.2, 0.25) is 0 Å². The van der Waals surface area contributed by atoms with Crippen LogP contribution in [0.15, 0.2) is 40.8 Å². The summed E-state index contributed by atoms with van der Waals surface area (Å²) < 4.78 is 16.6. The van der Waals surface area contributed by atoms with Crippen molar-refractivity contribution < 1.29 is 18.7 Å². The average Bonchev–Trinajstić information content (AvgIpc) is 2.92. The summed E-state index contributed by atoms with van der Waals surface area (Å²) in [6.45, 7) is 6.65. The highest BCUT2D eigenvalue weighted by Gasteiger charge is 2.18. The SMILES string of the molecule is COc1ccc2oc(C)c(C(=O)NCCOc3cc(C)cc(C)c3)c2c1. The second-order valence-electron chi connectivity index (χ2n) is 6.32. The lowest BCUT2D eigenvalue weighted by molar-refractivity contribution is 0.0947. The van der Waals surface area contributed by atoms with Crippen molar-refractivity contribution in [1.29, 1.82) is 0 Å². The van der Waals surface area contributed by atoms with Gasteiger partial charge in [-0.2, -0.15) is 0 Å². The van der Waals surface area contributed by atoms with Crippen molar-refractivity contribution in [2.75, 3.05) is 20.3 Å². The van der Waals surface area contributed by atoms with Gasteiger partial charge >= 0.3 is 0 Å². The van der Waals surface area contributed by atoms with Crippen molar-refractivity contribution in [3.63, 3.8) is 0 Å². The fraction of sp³-hybridized carbons (Fsp3) is 0.286. The predicted molar refractivity (Wildman–Crippen MR) is 101 cm³/mol. The van der Waals surface area contributed by atoms with Crippen molar-refractivity contribution in [3.05, 3.63) is 58.8 Å². The fourth-order valence-corrected chi connectivity index (χ4v) is 3.05. The highest BCUT2D eigenvalue weighted by Crippen LogP contribution is 2.28. The van der Waals surface area contributed by atoms with Crippen LogP contribution in [-0.4, -0.2) is 26.2 Å². The lowest BCUT2D eigenvalue weighted by atomic mass is 10.1. The molecule has 0 aliphatic heterocycles. The Morgan fingerprint density at radius 2 is 1.77 bits per heavy atom. The number of amides is 1. The molecule has 2 aromatic carbocycles. The fourth-order valence-electron chi connectivity index (χ4n) is 3.05.